The lowest BCUT2D eigenvalue weighted by Crippen LogP contribution is -2.21. The Morgan fingerprint density at radius 3 is 1.79 bits per heavy atom. The first-order valence-corrected chi connectivity index (χ1v) is 9.74. The average molecular weight is 372 g/mol. The molecular weight excluding hydrogens is 340 g/mol. The second-order valence-corrected chi connectivity index (χ2v) is 6.44. The van der Waals surface area contributed by atoms with Gasteiger partial charge < -0.3 is 14.9 Å². The maximum atomic E-state index is 11.3. The molecule has 146 valence electrons. The first-order valence-electron chi connectivity index (χ1n) is 8.35. The van der Waals surface area contributed by atoms with Crippen LogP contribution in [0.15, 0.2) is 0 Å². The largest absolute Gasteiger partial charge is 0.463 e. The summed E-state index contributed by atoms with van der Waals surface area (Å²) < 4.78 is 36.4. The Morgan fingerprint density at radius 1 is 0.958 bits per heavy atom. The molecule has 0 aliphatic carbocycles. The van der Waals surface area contributed by atoms with E-state index >= 15 is 0 Å². The predicted octanol–water partition coefficient (Wildman–Crippen LogP) is 2.15. The van der Waals surface area contributed by atoms with E-state index in [0.717, 1.165) is 12.8 Å². The molecule has 0 fully saturated rings. The van der Waals surface area contributed by atoms with Gasteiger partial charge in [0.05, 0.1) is 6.61 Å². The molecule has 0 spiro atoms. The van der Waals surface area contributed by atoms with Crippen molar-refractivity contribution in [1.82, 2.24) is 0 Å². The zero-order chi connectivity index (χ0) is 18.8. The van der Waals surface area contributed by atoms with E-state index in [0.29, 0.717) is 6.42 Å². The number of hydrogen-bond donors (Lipinski definition) is 4. The van der Waals surface area contributed by atoms with E-state index in [1.807, 2.05) is 0 Å². The summed E-state index contributed by atoms with van der Waals surface area (Å²) in [5.74, 6) is -0.282. The van der Waals surface area contributed by atoms with Gasteiger partial charge in [-0.15, -0.1) is 0 Å². The number of rotatable bonds is 13. The van der Waals surface area contributed by atoms with Crippen molar-refractivity contribution in [2.45, 2.75) is 77.2 Å². The Bertz CT molecular complexity index is 375. The number of hydrogen-bond acceptors (Lipinski definition) is 6. The van der Waals surface area contributed by atoms with Gasteiger partial charge in [0.2, 0.25) is 0 Å². The van der Waals surface area contributed by atoms with Crippen LogP contribution >= 0.6 is 0 Å². The Kier molecular flexibility index (Phi) is 18.2. The second kappa shape index (κ2) is 17.1. The maximum absolute atomic E-state index is 11.3. The Morgan fingerprint density at radius 2 is 1.38 bits per heavy atom. The van der Waals surface area contributed by atoms with Gasteiger partial charge in [-0.3, -0.25) is 13.9 Å². The van der Waals surface area contributed by atoms with Gasteiger partial charge in [-0.25, -0.2) is 0 Å². The summed E-state index contributed by atoms with van der Waals surface area (Å²) in [6.07, 6.45) is 10.4. The minimum Gasteiger partial charge on any atom is -0.463 e. The first-order chi connectivity index (χ1) is 11.2. The SMILES string of the molecule is CCCCCCCCCCCC(=O)OCC(O)CO.O=S(=O)(O)O. The van der Waals surface area contributed by atoms with Gasteiger partial charge in [-0.2, -0.15) is 8.42 Å². The van der Waals surface area contributed by atoms with Gasteiger partial charge in [0.15, 0.2) is 0 Å². The van der Waals surface area contributed by atoms with Crippen molar-refractivity contribution in [2.75, 3.05) is 13.2 Å². The van der Waals surface area contributed by atoms with E-state index in [1.54, 1.807) is 0 Å². The lowest BCUT2D eigenvalue weighted by molar-refractivity contribution is -0.147. The summed E-state index contributed by atoms with van der Waals surface area (Å²) in [7, 11) is -4.67. The predicted molar refractivity (Wildman–Crippen MR) is 90.1 cm³/mol. The summed E-state index contributed by atoms with van der Waals surface area (Å²) >= 11 is 0. The molecule has 0 aliphatic rings. The van der Waals surface area contributed by atoms with Crippen LogP contribution in [0.4, 0.5) is 0 Å². The van der Waals surface area contributed by atoms with Crippen LogP contribution in [0, 0.1) is 0 Å². The molecule has 1 atom stereocenters. The molecule has 1 unspecified atom stereocenters. The number of carbonyl (C=O) groups excluding carboxylic acids is 1. The van der Waals surface area contributed by atoms with Crippen LogP contribution in [-0.2, 0) is 19.9 Å². The van der Waals surface area contributed by atoms with Gasteiger partial charge in [0.1, 0.15) is 12.7 Å². The van der Waals surface area contributed by atoms with Crippen LogP contribution in [-0.4, -0.2) is 53.0 Å². The fourth-order valence-electron chi connectivity index (χ4n) is 1.89. The van der Waals surface area contributed by atoms with Gasteiger partial charge in [0.25, 0.3) is 0 Å². The molecule has 0 rings (SSSR count). The lowest BCUT2D eigenvalue weighted by atomic mass is 10.1. The standard InChI is InChI=1S/C15H30O4.H2O4S/c1-2-3-4-5-6-7-8-9-10-11-15(18)19-13-14(17)12-16;1-5(2,3)4/h14,16-17H,2-13H2,1H3;(H2,1,2,3,4). The highest BCUT2D eigenvalue weighted by molar-refractivity contribution is 7.79. The molecule has 0 saturated heterocycles. The van der Waals surface area contributed by atoms with E-state index in [4.69, 9.17) is 32.5 Å². The molecule has 8 nitrogen and oxygen atoms in total. The molecule has 0 saturated carbocycles. The smallest absolute Gasteiger partial charge is 0.394 e. The number of aliphatic hydroxyl groups is 2. The molecule has 0 amide bonds. The van der Waals surface area contributed by atoms with E-state index in [-0.39, 0.29) is 19.2 Å². The van der Waals surface area contributed by atoms with Crippen LogP contribution in [0.1, 0.15) is 71.1 Å². The van der Waals surface area contributed by atoms with Crippen molar-refractivity contribution in [3.8, 4) is 0 Å². The fraction of sp³-hybridized carbons (Fsp3) is 0.933. The third-order valence-corrected chi connectivity index (χ3v) is 3.13. The first kappa shape index (κ1) is 25.5. The summed E-state index contributed by atoms with van der Waals surface area (Å²) in [5, 5.41) is 17.6. The van der Waals surface area contributed by atoms with E-state index in [2.05, 4.69) is 6.92 Å². The third-order valence-electron chi connectivity index (χ3n) is 3.13. The molecule has 9 heteroatoms. The lowest BCUT2D eigenvalue weighted by Gasteiger charge is -2.08. The highest BCUT2D eigenvalue weighted by Crippen LogP contribution is 2.10. The van der Waals surface area contributed by atoms with E-state index in [9.17, 15) is 4.79 Å². The van der Waals surface area contributed by atoms with E-state index < -0.39 is 16.5 Å². The van der Waals surface area contributed by atoms with Crippen molar-refractivity contribution in [3.63, 3.8) is 0 Å². The van der Waals surface area contributed by atoms with E-state index in [1.165, 1.54) is 44.9 Å². The normalized spacial score (nSPS) is 12.2. The number of aliphatic hydroxyl groups excluding tert-OH is 2. The molecule has 0 aliphatic heterocycles. The maximum Gasteiger partial charge on any atom is 0.394 e. The molecule has 0 heterocycles. The summed E-state index contributed by atoms with van der Waals surface area (Å²) in [6, 6.07) is 0. The van der Waals surface area contributed by atoms with Gasteiger partial charge >= 0.3 is 16.4 Å². The molecule has 24 heavy (non-hydrogen) atoms. The van der Waals surface area contributed by atoms with Crippen LogP contribution < -0.4 is 0 Å². The molecule has 0 radical (unpaired) electrons. The van der Waals surface area contributed by atoms with Crippen LogP contribution in [0.2, 0.25) is 0 Å². The van der Waals surface area contributed by atoms with Crippen molar-refractivity contribution < 1.29 is 37.3 Å². The monoisotopic (exact) mass is 372 g/mol. The summed E-state index contributed by atoms with van der Waals surface area (Å²) in [6.45, 7) is 1.75. The molecular formula is C15H32O8S. The Labute approximate surface area is 144 Å². The highest BCUT2D eigenvalue weighted by Gasteiger charge is 2.07. The summed E-state index contributed by atoms with van der Waals surface area (Å²) in [5.41, 5.74) is 0. The van der Waals surface area contributed by atoms with Crippen LogP contribution in [0.25, 0.3) is 0 Å². The number of ether oxygens (including phenoxy) is 1. The zero-order valence-corrected chi connectivity index (χ0v) is 15.2. The number of unbranched alkanes of at least 4 members (excludes halogenated alkanes) is 8. The Hall–Kier alpha value is -0.740. The fourth-order valence-corrected chi connectivity index (χ4v) is 1.89. The van der Waals surface area contributed by atoms with Crippen LogP contribution in [0.3, 0.4) is 0 Å². The second-order valence-electron chi connectivity index (χ2n) is 5.55. The van der Waals surface area contributed by atoms with Crippen molar-refractivity contribution in [2.24, 2.45) is 0 Å². The molecule has 0 aromatic carbocycles. The van der Waals surface area contributed by atoms with Crippen molar-refractivity contribution in [3.05, 3.63) is 0 Å². The molecule has 0 aromatic rings. The minimum atomic E-state index is -4.67. The quantitative estimate of drug-likeness (QED) is 0.219. The average Bonchev–Trinajstić information content (AvgIpc) is 2.49. The molecule has 0 aromatic heterocycles. The highest BCUT2D eigenvalue weighted by atomic mass is 32.3. The van der Waals surface area contributed by atoms with Crippen molar-refractivity contribution in [1.29, 1.82) is 0 Å². The number of esters is 1. The van der Waals surface area contributed by atoms with Gasteiger partial charge in [-0.05, 0) is 6.42 Å². The van der Waals surface area contributed by atoms with Crippen LogP contribution in [0.5, 0.6) is 0 Å². The minimum absolute atomic E-state index is 0.104. The van der Waals surface area contributed by atoms with Gasteiger partial charge in [-0.1, -0.05) is 58.3 Å². The number of carbonyl (C=O) groups is 1. The third kappa shape index (κ3) is 29.3. The summed E-state index contributed by atoms with van der Waals surface area (Å²) in [4.78, 5) is 11.3. The zero-order valence-electron chi connectivity index (χ0n) is 14.4. The van der Waals surface area contributed by atoms with Gasteiger partial charge in [0, 0.05) is 6.42 Å². The molecule has 4 N–H and O–H groups in total. The van der Waals surface area contributed by atoms with Crippen molar-refractivity contribution >= 4 is 16.4 Å². The molecule has 0 bridgehead atoms. The Balaban J connectivity index is 0. The topological polar surface area (TPSA) is 141 Å².